The number of aliphatic hydroxyl groups excluding tert-OH is 2. The third kappa shape index (κ3) is 9.08. The number of carbonyl (C=O) groups excluding carboxylic acids is 1. The summed E-state index contributed by atoms with van der Waals surface area (Å²) >= 11 is 1.30. The predicted molar refractivity (Wildman–Crippen MR) is 148 cm³/mol. The van der Waals surface area contributed by atoms with E-state index in [1.54, 1.807) is 17.1 Å². The molecule has 0 radical (unpaired) electrons. The monoisotopic (exact) mass is 573 g/mol. The van der Waals surface area contributed by atoms with Crippen molar-refractivity contribution >= 4 is 17.2 Å². The third-order valence-corrected chi connectivity index (χ3v) is 7.29. The third-order valence-electron chi connectivity index (χ3n) is 6.31. The number of amides is 1. The van der Waals surface area contributed by atoms with Gasteiger partial charge in [-0.3, -0.25) is 24.7 Å². The summed E-state index contributed by atoms with van der Waals surface area (Å²) < 4.78 is 7.26. The lowest BCUT2D eigenvalue weighted by Gasteiger charge is -2.43. The molecule has 0 aromatic carbocycles. The predicted octanol–water partition coefficient (Wildman–Crippen LogP) is 1.39. The first-order valence-electron chi connectivity index (χ1n) is 13.5. The molecule has 2 unspecified atom stereocenters. The maximum absolute atomic E-state index is 12.5. The van der Waals surface area contributed by atoms with Crippen LogP contribution in [-0.2, 0) is 24.2 Å². The molecule has 4 N–H and O–H groups in total. The van der Waals surface area contributed by atoms with E-state index in [2.05, 4.69) is 36.1 Å². The molecule has 40 heavy (non-hydrogen) atoms. The van der Waals surface area contributed by atoms with Crippen LogP contribution in [0.4, 0.5) is 0 Å². The van der Waals surface area contributed by atoms with Gasteiger partial charge in [0.1, 0.15) is 10.7 Å². The van der Waals surface area contributed by atoms with Gasteiger partial charge in [0.25, 0.3) is 5.91 Å². The van der Waals surface area contributed by atoms with Crippen molar-refractivity contribution in [2.24, 2.45) is 5.92 Å². The number of hydrogen-bond donors (Lipinski definition) is 4. The van der Waals surface area contributed by atoms with Crippen molar-refractivity contribution in [3.63, 3.8) is 0 Å². The summed E-state index contributed by atoms with van der Waals surface area (Å²) in [5.74, 6) is 0.0314. The minimum Gasteiger partial charge on any atom is -0.373 e. The molecule has 218 valence electrons. The number of rotatable bonds is 14. The van der Waals surface area contributed by atoms with Gasteiger partial charge in [-0.05, 0) is 52.2 Å². The number of nitrogens with one attached hydrogen (secondary N) is 2. The van der Waals surface area contributed by atoms with Crippen LogP contribution in [0.3, 0.4) is 0 Å². The highest BCUT2D eigenvalue weighted by Gasteiger charge is 2.34. The standard InChI is InChI=1S/C26H39N9O4S/c1-17-8-9-18(11-27-17)12-28-22(36)20-16-35(33-30-20)10-6-5-7-21-31-32-24(40-21)23(37)29-13-19-14-34(15-19)25(38)39-26(2,3)4/h8-9,11,16,19,22,25,28,36,38H,5-7,10,12-15H2,1-4H3,(H,29,37). The Kier molecular flexibility index (Phi) is 10.3. The summed E-state index contributed by atoms with van der Waals surface area (Å²) in [7, 11) is 0. The molecule has 13 nitrogen and oxygen atoms in total. The Bertz CT molecular complexity index is 1220. The topological polar surface area (TPSA) is 163 Å². The lowest BCUT2D eigenvalue weighted by molar-refractivity contribution is -0.260. The summed E-state index contributed by atoms with van der Waals surface area (Å²) in [5, 5.41) is 43.9. The molecule has 14 heteroatoms. The maximum atomic E-state index is 12.5. The number of aromatic nitrogens is 6. The molecule has 0 saturated carbocycles. The minimum absolute atomic E-state index is 0.227. The molecule has 3 aromatic heterocycles. The van der Waals surface area contributed by atoms with Crippen LogP contribution in [0.25, 0.3) is 0 Å². The van der Waals surface area contributed by atoms with Crippen LogP contribution in [0.15, 0.2) is 24.5 Å². The highest BCUT2D eigenvalue weighted by molar-refractivity contribution is 7.13. The smallest absolute Gasteiger partial charge is 0.282 e. The summed E-state index contributed by atoms with van der Waals surface area (Å²) in [6.07, 6.45) is 4.07. The van der Waals surface area contributed by atoms with Crippen LogP contribution in [0, 0.1) is 12.8 Å². The largest absolute Gasteiger partial charge is 0.373 e. The second-order valence-electron chi connectivity index (χ2n) is 11.0. The molecule has 4 rings (SSSR count). The summed E-state index contributed by atoms with van der Waals surface area (Å²) in [6.45, 7) is 10.6. The number of aryl methyl sites for hydroxylation is 3. The van der Waals surface area contributed by atoms with Crippen LogP contribution < -0.4 is 10.6 Å². The molecule has 4 heterocycles. The Morgan fingerprint density at radius 1 is 1.20 bits per heavy atom. The Balaban J connectivity index is 1.10. The molecule has 0 spiro atoms. The van der Waals surface area contributed by atoms with Crippen LogP contribution in [0.2, 0.25) is 0 Å². The van der Waals surface area contributed by atoms with Crippen molar-refractivity contribution < 1.29 is 19.7 Å². The van der Waals surface area contributed by atoms with Crippen molar-refractivity contribution in [1.29, 1.82) is 0 Å². The number of ether oxygens (including phenoxy) is 1. The van der Waals surface area contributed by atoms with Gasteiger partial charge in [0, 0.05) is 57.0 Å². The summed E-state index contributed by atoms with van der Waals surface area (Å²) in [4.78, 5) is 18.6. The second kappa shape index (κ2) is 13.7. The van der Waals surface area contributed by atoms with E-state index < -0.39 is 18.2 Å². The fraction of sp³-hybridized carbons (Fsp3) is 0.615. The molecule has 0 bridgehead atoms. The first-order chi connectivity index (χ1) is 19.1. The first-order valence-corrected chi connectivity index (χ1v) is 14.3. The van der Waals surface area contributed by atoms with Gasteiger partial charge in [-0.15, -0.1) is 15.3 Å². The van der Waals surface area contributed by atoms with Gasteiger partial charge in [0.15, 0.2) is 6.23 Å². The van der Waals surface area contributed by atoms with E-state index in [9.17, 15) is 15.0 Å². The minimum atomic E-state index is -0.930. The van der Waals surface area contributed by atoms with Crippen molar-refractivity contribution in [3.05, 3.63) is 51.5 Å². The van der Waals surface area contributed by atoms with Gasteiger partial charge < -0.3 is 20.3 Å². The van der Waals surface area contributed by atoms with E-state index in [4.69, 9.17) is 4.74 Å². The number of hydrogen-bond acceptors (Lipinski definition) is 12. The quantitative estimate of drug-likeness (QED) is 0.163. The van der Waals surface area contributed by atoms with Crippen molar-refractivity contribution in [1.82, 2.24) is 45.7 Å². The number of carbonyl (C=O) groups is 1. The second-order valence-corrected chi connectivity index (χ2v) is 12.1. The van der Waals surface area contributed by atoms with E-state index in [1.165, 1.54) is 11.3 Å². The van der Waals surface area contributed by atoms with E-state index in [0.29, 0.717) is 49.8 Å². The van der Waals surface area contributed by atoms with Crippen LogP contribution in [-0.4, -0.2) is 82.8 Å². The highest BCUT2D eigenvalue weighted by atomic mass is 32.1. The normalized spacial score (nSPS) is 16.1. The molecule has 2 atom stereocenters. The van der Waals surface area contributed by atoms with Gasteiger partial charge in [-0.1, -0.05) is 22.6 Å². The molecule has 3 aromatic rings. The molecule has 0 aliphatic carbocycles. The van der Waals surface area contributed by atoms with Gasteiger partial charge in [-0.25, -0.2) is 0 Å². The van der Waals surface area contributed by atoms with Gasteiger partial charge in [0.05, 0.1) is 11.8 Å². The summed E-state index contributed by atoms with van der Waals surface area (Å²) in [6, 6.07) is 3.89. The maximum Gasteiger partial charge on any atom is 0.282 e. The lowest BCUT2D eigenvalue weighted by Crippen LogP contribution is -2.57. The lowest BCUT2D eigenvalue weighted by atomic mass is 10.0. The van der Waals surface area contributed by atoms with E-state index >= 15 is 0 Å². The molecule has 1 saturated heterocycles. The Morgan fingerprint density at radius 3 is 2.73 bits per heavy atom. The first kappa shape index (κ1) is 30.1. The zero-order chi connectivity index (χ0) is 28.7. The van der Waals surface area contributed by atoms with Gasteiger partial charge >= 0.3 is 0 Å². The molecular formula is C26H39N9O4S. The number of nitrogens with zero attached hydrogens (tertiary/aromatic N) is 7. The highest BCUT2D eigenvalue weighted by Crippen LogP contribution is 2.21. The van der Waals surface area contributed by atoms with Gasteiger partial charge in [0.2, 0.25) is 11.4 Å². The SMILES string of the molecule is Cc1ccc(CNC(O)c2cn(CCCCc3nnc(C(=O)NCC4CN(C(O)OC(C)(C)C)C4)s3)nn2)cn1. The van der Waals surface area contributed by atoms with Crippen LogP contribution in [0.1, 0.15) is 71.6 Å². The average molecular weight is 574 g/mol. The Labute approximate surface area is 238 Å². The number of aliphatic hydroxyl groups is 2. The van der Waals surface area contributed by atoms with Crippen molar-refractivity contribution in [2.75, 3.05) is 19.6 Å². The molecule has 1 aliphatic rings. The average Bonchev–Trinajstić information content (AvgIpc) is 3.54. The van der Waals surface area contributed by atoms with E-state index in [1.807, 2.05) is 44.7 Å². The van der Waals surface area contributed by atoms with E-state index in [0.717, 1.165) is 29.1 Å². The fourth-order valence-corrected chi connectivity index (χ4v) is 4.89. The zero-order valence-corrected chi connectivity index (χ0v) is 24.3. The number of pyridine rings is 1. The molecule has 1 fully saturated rings. The number of likely N-dealkylation sites (tertiary alicyclic amines) is 1. The fourth-order valence-electron chi connectivity index (χ4n) is 4.09. The number of unbranched alkanes of at least 4 members (excludes halogenated alkanes) is 1. The Hall–Kier alpha value is -2.88. The van der Waals surface area contributed by atoms with Crippen LogP contribution in [0.5, 0.6) is 0 Å². The zero-order valence-electron chi connectivity index (χ0n) is 23.4. The Morgan fingerprint density at radius 2 is 2.00 bits per heavy atom. The molecule has 1 amide bonds. The van der Waals surface area contributed by atoms with Crippen molar-refractivity contribution in [3.8, 4) is 0 Å². The summed E-state index contributed by atoms with van der Waals surface area (Å²) in [5.41, 5.74) is 1.96. The molecular weight excluding hydrogens is 534 g/mol. The van der Waals surface area contributed by atoms with Crippen LogP contribution >= 0.6 is 11.3 Å². The van der Waals surface area contributed by atoms with E-state index in [-0.39, 0.29) is 11.8 Å². The van der Waals surface area contributed by atoms with Gasteiger partial charge in [-0.2, -0.15) is 0 Å². The van der Waals surface area contributed by atoms with Crippen molar-refractivity contribution in [2.45, 2.75) is 78.3 Å². The molecule has 1 aliphatic heterocycles.